The predicted molar refractivity (Wildman–Crippen MR) is 107 cm³/mol. The number of fused-ring (bicyclic) bond motifs is 1. The van der Waals surface area contributed by atoms with Crippen molar-refractivity contribution in [1.82, 2.24) is 15.0 Å². The molecule has 6 nitrogen and oxygen atoms in total. The summed E-state index contributed by atoms with van der Waals surface area (Å²) < 4.78 is 5.63. The largest absolute Gasteiger partial charge is 0.399 e. The Kier molecular flexibility index (Phi) is 4.72. The highest BCUT2D eigenvalue weighted by molar-refractivity contribution is 5.80. The van der Waals surface area contributed by atoms with Gasteiger partial charge in [0.1, 0.15) is 6.10 Å². The van der Waals surface area contributed by atoms with E-state index in [0.717, 1.165) is 33.8 Å². The van der Waals surface area contributed by atoms with Gasteiger partial charge in [-0.3, -0.25) is 4.98 Å². The average molecular weight is 359 g/mol. The van der Waals surface area contributed by atoms with Crippen molar-refractivity contribution >= 4 is 22.7 Å². The Balaban J connectivity index is 1.45. The summed E-state index contributed by atoms with van der Waals surface area (Å²) in [4.78, 5) is 12.1. The fraction of sp³-hybridized carbons (Fsp3) is 0.143. The van der Waals surface area contributed by atoms with Gasteiger partial charge in [0, 0.05) is 25.5 Å². The molecule has 0 aliphatic carbocycles. The highest BCUT2D eigenvalue weighted by Gasteiger charge is 2.14. The van der Waals surface area contributed by atoms with Crippen LogP contribution in [0.1, 0.15) is 22.9 Å². The van der Waals surface area contributed by atoms with Gasteiger partial charge in [-0.2, -0.15) is 0 Å². The maximum Gasteiger partial charge on any atom is 0.201 e. The molecule has 6 heteroatoms. The first-order valence-corrected chi connectivity index (χ1v) is 8.74. The van der Waals surface area contributed by atoms with E-state index in [-0.39, 0.29) is 6.10 Å². The minimum Gasteiger partial charge on any atom is -0.399 e. The lowest BCUT2D eigenvalue weighted by atomic mass is 10.0. The number of hydrogen-bond acceptors (Lipinski definition) is 5. The zero-order chi connectivity index (χ0) is 18.6. The van der Waals surface area contributed by atoms with Gasteiger partial charge >= 0.3 is 0 Å². The molecule has 0 aliphatic heterocycles. The molecule has 2 aromatic heterocycles. The van der Waals surface area contributed by atoms with Crippen LogP contribution in [0.5, 0.6) is 0 Å². The van der Waals surface area contributed by atoms with Gasteiger partial charge in [-0.15, -0.1) is 0 Å². The monoisotopic (exact) mass is 359 g/mol. The number of aromatic amines is 1. The lowest BCUT2D eigenvalue weighted by Crippen LogP contribution is -2.06. The van der Waals surface area contributed by atoms with Gasteiger partial charge < -0.3 is 20.8 Å². The summed E-state index contributed by atoms with van der Waals surface area (Å²) in [7, 11) is 1.70. The second-order valence-corrected chi connectivity index (χ2v) is 6.33. The van der Waals surface area contributed by atoms with Crippen LogP contribution >= 0.6 is 0 Å². The van der Waals surface area contributed by atoms with E-state index >= 15 is 0 Å². The Morgan fingerprint density at radius 2 is 1.96 bits per heavy atom. The highest BCUT2D eigenvalue weighted by Crippen LogP contribution is 2.24. The summed E-state index contributed by atoms with van der Waals surface area (Å²) in [5.74, 6) is 0.725. The van der Waals surface area contributed by atoms with Crippen LogP contribution in [-0.2, 0) is 11.3 Å². The molecule has 0 amide bonds. The van der Waals surface area contributed by atoms with Crippen molar-refractivity contribution in [2.75, 3.05) is 18.2 Å². The normalized spacial score (nSPS) is 12.2. The number of benzene rings is 2. The van der Waals surface area contributed by atoms with E-state index in [1.165, 1.54) is 0 Å². The van der Waals surface area contributed by atoms with E-state index < -0.39 is 0 Å². The number of nitrogen functional groups attached to an aromatic ring is 1. The standard InChI is InChI=1S/C21H21N5O/c1-27-20(18-4-2-3-11-23-18)15-7-5-14(6-8-15)13-24-21-25-17-10-9-16(22)12-19(17)26-21/h2-12,20H,13,22H2,1H3,(H2,24,25,26). The molecule has 4 N–H and O–H groups in total. The highest BCUT2D eigenvalue weighted by atomic mass is 16.5. The van der Waals surface area contributed by atoms with Gasteiger partial charge in [0.15, 0.2) is 0 Å². The number of imidazole rings is 1. The Morgan fingerprint density at radius 3 is 2.70 bits per heavy atom. The molecule has 0 fully saturated rings. The molecule has 1 atom stereocenters. The Hall–Kier alpha value is -3.38. The third kappa shape index (κ3) is 3.75. The molecule has 136 valence electrons. The molecule has 4 aromatic rings. The summed E-state index contributed by atoms with van der Waals surface area (Å²) in [6, 6.07) is 19.8. The van der Waals surface area contributed by atoms with Gasteiger partial charge in [0.25, 0.3) is 0 Å². The zero-order valence-corrected chi connectivity index (χ0v) is 15.0. The third-order valence-corrected chi connectivity index (χ3v) is 4.44. The van der Waals surface area contributed by atoms with Gasteiger partial charge in [-0.05, 0) is 41.5 Å². The Morgan fingerprint density at radius 1 is 1.11 bits per heavy atom. The van der Waals surface area contributed by atoms with E-state index in [4.69, 9.17) is 10.5 Å². The van der Waals surface area contributed by atoms with Crippen LogP contribution in [-0.4, -0.2) is 22.1 Å². The number of methoxy groups -OCH3 is 1. The molecule has 1 unspecified atom stereocenters. The fourth-order valence-electron chi connectivity index (χ4n) is 3.07. The number of nitrogens with two attached hydrogens (primary N) is 1. The van der Waals surface area contributed by atoms with E-state index in [0.29, 0.717) is 12.2 Å². The second kappa shape index (κ2) is 7.47. The van der Waals surface area contributed by atoms with Crippen molar-refractivity contribution < 1.29 is 4.74 Å². The van der Waals surface area contributed by atoms with Crippen molar-refractivity contribution in [2.45, 2.75) is 12.6 Å². The lowest BCUT2D eigenvalue weighted by molar-refractivity contribution is 0.133. The van der Waals surface area contributed by atoms with E-state index in [2.05, 4.69) is 44.5 Å². The topological polar surface area (TPSA) is 88.9 Å². The molecule has 27 heavy (non-hydrogen) atoms. The van der Waals surface area contributed by atoms with Crippen LogP contribution in [0.15, 0.2) is 66.9 Å². The molecule has 0 spiro atoms. The molecular formula is C21H21N5O. The molecular weight excluding hydrogens is 338 g/mol. The van der Waals surface area contributed by atoms with Gasteiger partial charge in [-0.25, -0.2) is 4.98 Å². The summed E-state index contributed by atoms with van der Waals surface area (Å²) in [6.07, 6.45) is 1.61. The maximum absolute atomic E-state index is 5.81. The Bertz CT molecular complexity index is 1030. The van der Waals surface area contributed by atoms with E-state index in [9.17, 15) is 0 Å². The number of anilines is 2. The number of aromatic nitrogens is 3. The minimum absolute atomic E-state index is 0.172. The molecule has 0 saturated carbocycles. The summed E-state index contributed by atoms with van der Waals surface area (Å²) in [5, 5.41) is 3.31. The number of ether oxygens (including phenoxy) is 1. The van der Waals surface area contributed by atoms with Crippen LogP contribution in [0.4, 0.5) is 11.6 Å². The van der Waals surface area contributed by atoms with Crippen molar-refractivity contribution in [2.24, 2.45) is 0 Å². The van der Waals surface area contributed by atoms with Gasteiger partial charge in [0.05, 0.1) is 16.7 Å². The fourth-order valence-corrected chi connectivity index (χ4v) is 3.07. The van der Waals surface area contributed by atoms with Crippen LogP contribution < -0.4 is 11.1 Å². The maximum atomic E-state index is 5.81. The Labute approximate surface area is 157 Å². The molecule has 0 aliphatic rings. The first-order valence-electron chi connectivity index (χ1n) is 8.74. The van der Waals surface area contributed by atoms with E-state index in [1.807, 2.05) is 36.4 Å². The van der Waals surface area contributed by atoms with Crippen molar-refractivity contribution in [3.63, 3.8) is 0 Å². The van der Waals surface area contributed by atoms with Crippen LogP contribution in [0.2, 0.25) is 0 Å². The predicted octanol–water partition coefficient (Wildman–Crippen LogP) is 3.89. The first kappa shape index (κ1) is 17.1. The average Bonchev–Trinajstić information content (AvgIpc) is 3.11. The number of H-pyrrole nitrogens is 1. The van der Waals surface area contributed by atoms with Crippen molar-refractivity contribution in [3.05, 3.63) is 83.7 Å². The number of hydrogen-bond donors (Lipinski definition) is 3. The van der Waals surface area contributed by atoms with Crippen LogP contribution in [0, 0.1) is 0 Å². The number of nitrogens with one attached hydrogen (secondary N) is 2. The van der Waals surface area contributed by atoms with Crippen LogP contribution in [0.3, 0.4) is 0 Å². The number of nitrogens with zero attached hydrogens (tertiary/aromatic N) is 2. The number of pyridine rings is 1. The minimum atomic E-state index is -0.172. The summed E-state index contributed by atoms with van der Waals surface area (Å²) in [5.41, 5.74) is 11.4. The number of rotatable bonds is 6. The first-order chi connectivity index (χ1) is 13.2. The lowest BCUT2D eigenvalue weighted by Gasteiger charge is -2.15. The molecule has 0 radical (unpaired) electrons. The molecule has 0 saturated heterocycles. The SMILES string of the molecule is COC(c1ccc(CNc2nc3ccc(N)cc3[nH]2)cc1)c1ccccn1. The summed E-state index contributed by atoms with van der Waals surface area (Å²) >= 11 is 0. The van der Waals surface area contributed by atoms with Crippen LogP contribution in [0.25, 0.3) is 11.0 Å². The van der Waals surface area contributed by atoms with Crippen molar-refractivity contribution in [1.29, 1.82) is 0 Å². The zero-order valence-electron chi connectivity index (χ0n) is 15.0. The molecule has 4 rings (SSSR count). The van der Waals surface area contributed by atoms with Gasteiger partial charge in [0.2, 0.25) is 5.95 Å². The smallest absolute Gasteiger partial charge is 0.201 e. The van der Waals surface area contributed by atoms with Gasteiger partial charge in [-0.1, -0.05) is 30.3 Å². The summed E-state index contributed by atoms with van der Waals surface area (Å²) in [6.45, 7) is 0.664. The van der Waals surface area contributed by atoms with Crippen molar-refractivity contribution in [3.8, 4) is 0 Å². The molecule has 0 bridgehead atoms. The third-order valence-electron chi connectivity index (χ3n) is 4.44. The van der Waals surface area contributed by atoms with E-state index in [1.54, 1.807) is 13.3 Å². The second-order valence-electron chi connectivity index (χ2n) is 6.33. The molecule has 2 aromatic carbocycles. The quantitative estimate of drug-likeness (QED) is 0.455. The molecule has 2 heterocycles.